The molecule has 0 fully saturated rings. The summed E-state index contributed by atoms with van der Waals surface area (Å²) in [6.45, 7) is 8.43. The van der Waals surface area contributed by atoms with Crippen LogP contribution < -0.4 is 5.11 Å². The molecule has 0 aromatic heterocycles. The first-order valence-electron chi connectivity index (χ1n) is 10.1. The number of carboxylic acids is 1. The lowest BCUT2D eigenvalue weighted by Crippen LogP contribution is -2.58. The smallest absolute Gasteiger partial charge is 0.105 e. The molecule has 0 saturated carbocycles. The zero-order chi connectivity index (χ0) is 20.5. The Morgan fingerprint density at radius 2 is 1.41 bits per heavy atom. The molecule has 0 radical (unpaired) electrons. The zero-order valence-electron chi connectivity index (χ0n) is 16.7. The van der Waals surface area contributed by atoms with E-state index < -0.39 is 18.2 Å². The van der Waals surface area contributed by atoms with Gasteiger partial charge in [-0.15, -0.1) is 13.2 Å². The lowest BCUT2D eigenvalue weighted by atomic mass is 10.1. The summed E-state index contributed by atoms with van der Waals surface area (Å²) in [5.41, 5.74) is 0. The highest BCUT2D eigenvalue weighted by molar-refractivity contribution is 5.64. The maximum absolute atomic E-state index is 11.0. The number of aliphatic hydroxyl groups is 3. The number of aliphatic hydroxyl groups excluding tert-OH is 3. The number of rotatable bonds is 19. The van der Waals surface area contributed by atoms with Crippen molar-refractivity contribution in [2.45, 2.75) is 70.0 Å². The van der Waals surface area contributed by atoms with Gasteiger partial charge in [-0.2, -0.15) is 0 Å². The summed E-state index contributed by atoms with van der Waals surface area (Å²) >= 11 is 0. The first-order valence-corrected chi connectivity index (χ1v) is 10.1. The summed E-state index contributed by atoms with van der Waals surface area (Å²) in [7, 11) is 0. The third-order valence-electron chi connectivity index (χ3n) is 4.95. The first-order chi connectivity index (χ1) is 12.9. The highest BCUT2D eigenvalue weighted by atomic mass is 16.4. The van der Waals surface area contributed by atoms with E-state index in [4.69, 9.17) is 0 Å². The molecule has 0 saturated heterocycles. The Morgan fingerprint density at radius 3 is 1.78 bits per heavy atom. The second-order valence-electron chi connectivity index (χ2n) is 7.45. The van der Waals surface area contributed by atoms with Crippen LogP contribution in [-0.2, 0) is 4.79 Å². The first kappa shape index (κ1) is 25.8. The average molecular weight is 386 g/mol. The Bertz CT molecular complexity index is 389. The Kier molecular flexibility index (Phi) is 15.1. The van der Waals surface area contributed by atoms with Gasteiger partial charge in [0, 0.05) is 12.4 Å². The van der Waals surface area contributed by atoms with Crippen LogP contribution in [0.1, 0.15) is 57.8 Å². The molecule has 2 atom stereocenters. The lowest BCUT2D eigenvalue weighted by molar-refractivity contribution is -0.933. The Morgan fingerprint density at radius 1 is 0.926 bits per heavy atom. The largest absolute Gasteiger partial charge is 0.550 e. The SMILES string of the molecule is C=CCCCCC(O)C[N+](CCO)(CCC(=O)[O-])CC(O)CCCCC=C. The van der Waals surface area contributed by atoms with Gasteiger partial charge in [-0.3, -0.25) is 0 Å². The molecule has 27 heavy (non-hydrogen) atoms. The van der Waals surface area contributed by atoms with Crippen molar-refractivity contribution in [2.75, 3.05) is 32.8 Å². The van der Waals surface area contributed by atoms with Crippen LogP contribution >= 0.6 is 0 Å². The van der Waals surface area contributed by atoms with Crippen molar-refractivity contribution in [3.63, 3.8) is 0 Å². The number of unbranched alkanes of at least 4 members (excludes halogenated alkanes) is 4. The molecule has 0 aromatic carbocycles. The van der Waals surface area contributed by atoms with E-state index in [0.29, 0.717) is 32.5 Å². The van der Waals surface area contributed by atoms with Gasteiger partial charge in [0.15, 0.2) is 0 Å². The normalized spacial score (nSPS) is 15.7. The number of carboxylic acid groups (broad SMARTS) is 1. The monoisotopic (exact) mass is 385 g/mol. The van der Waals surface area contributed by atoms with Crippen LogP contribution in [0.25, 0.3) is 0 Å². The summed E-state index contributed by atoms with van der Waals surface area (Å²) in [6, 6.07) is 0. The summed E-state index contributed by atoms with van der Waals surface area (Å²) in [5, 5.41) is 41.4. The molecule has 6 nitrogen and oxygen atoms in total. The fourth-order valence-corrected chi connectivity index (χ4v) is 3.51. The quantitative estimate of drug-likeness (QED) is 0.176. The van der Waals surface area contributed by atoms with Crippen LogP contribution in [0.5, 0.6) is 0 Å². The van der Waals surface area contributed by atoms with Crippen LogP contribution in [0, 0.1) is 0 Å². The maximum atomic E-state index is 11.0. The Hall–Kier alpha value is -1.21. The zero-order valence-corrected chi connectivity index (χ0v) is 16.7. The lowest BCUT2D eigenvalue weighted by Gasteiger charge is -2.41. The van der Waals surface area contributed by atoms with E-state index >= 15 is 0 Å². The van der Waals surface area contributed by atoms with E-state index in [0.717, 1.165) is 38.5 Å². The predicted octanol–water partition coefficient (Wildman–Crippen LogP) is 1.15. The van der Waals surface area contributed by atoms with Crippen molar-refractivity contribution < 1.29 is 29.7 Å². The minimum Gasteiger partial charge on any atom is -0.550 e. The molecule has 0 heterocycles. The maximum Gasteiger partial charge on any atom is 0.105 e. The van der Waals surface area contributed by atoms with Gasteiger partial charge in [0.05, 0.1) is 13.2 Å². The fraction of sp³-hybridized carbons (Fsp3) is 0.762. The second-order valence-corrected chi connectivity index (χ2v) is 7.45. The minimum atomic E-state index is -1.16. The number of carbonyl (C=O) groups is 1. The molecule has 0 aliphatic rings. The van der Waals surface area contributed by atoms with Gasteiger partial charge >= 0.3 is 0 Å². The van der Waals surface area contributed by atoms with Gasteiger partial charge in [-0.25, -0.2) is 0 Å². The average Bonchev–Trinajstić information content (AvgIpc) is 2.61. The van der Waals surface area contributed by atoms with Crippen molar-refractivity contribution in [3.8, 4) is 0 Å². The van der Waals surface area contributed by atoms with Crippen LogP contribution in [0.4, 0.5) is 0 Å². The summed E-state index contributed by atoms with van der Waals surface area (Å²) in [4.78, 5) is 11.0. The fourth-order valence-electron chi connectivity index (χ4n) is 3.51. The van der Waals surface area contributed by atoms with E-state index in [9.17, 15) is 25.2 Å². The summed E-state index contributed by atoms with van der Waals surface area (Å²) in [5.74, 6) is -1.16. The molecule has 0 amide bonds. The van der Waals surface area contributed by atoms with Crippen LogP contribution in [0.3, 0.4) is 0 Å². The van der Waals surface area contributed by atoms with Gasteiger partial charge in [-0.05, 0) is 38.5 Å². The summed E-state index contributed by atoms with van der Waals surface area (Å²) in [6.07, 6.45) is 8.97. The van der Waals surface area contributed by atoms with E-state index in [1.54, 1.807) is 0 Å². The number of hydrogen-bond donors (Lipinski definition) is 3. The number of carbonyl (C=O) groups excluding carboxylic acids is 1. The Labute approximate surface area is 164 Å². The molecule has 0 bridgehead atoms. The van der Waals surface area contributed by atoms with Crippen LogP contribution in [0.15, 0.2) is 25.3 Å². The molecule has 6 heteroatoms. The topological polar surface area (TPSA) is 101 Å². The molecule has 158 valence electrons. The van der Waals surface area contributed by atoms with E-state index in [1.807, 2.05) is 12.2 Å². The van der Waals surface area contributed by atoms with E-state index in [-0.39, 0.29) is 24.1 Å². The minimum absolute atomic E-state index is 0.126. The number of hydrogen-bond acceptors (Lipinski definition) is 5. The highest BCUT2D eigenvalue weighted by Gasteiger charge is 2.32. The van der Waals surface area contributed by atoms with Crippen molar-refractivity contribution in [1.82, 2.24) is 0 Å². The molecule has 2 unspecified atom stereocenters. The van der Waals surface area contributed by atoms with Crippen molar-refractivity contribution in [2.24, 2.45) is 0 Å². The molecule has 3 N–H and O–H groups in total. The third-order valence-corrected chi connectivity index (χ3v) is 4.95. The molecule has 0 aromatic rings. The standard InChI is InChI=1S/C21H39NO5/c1-3-5-7-9-11-19(24)17-22(15-16-23,14-13-21(26)27)18-20(25)12-10-8-6-4-2/h3-4,19-20,23-25H,1-2,5-18H2. The van der Waals surface area contributed by atoms with Gasteiger partial charge < -0.3 is 29.7 Å². The van der Waals surface area contributed by atoms with Crippen LogP contribution in [0.2, 0.25) is 0 Å². The molecule has 0 aliphatic carbocycles. The highest BCUT2D eigenvalue weighted by Crippen LogP contribution is 2.17. The van der Waals surface area contributed by atoms with Gasteiger partial charge in [0.25, 0.3) is 0 Å². The third kappa shape index (κ3) is 13.6. The Balaban J connectivity index is 4.88. The van der Waals surface area contributed by atoms with Gasteiger partial charge in [-0.1, -0.05) is 25.0 Å². The number of nitrogens with zero attached hydrogens (tertiary/aromatic N) is 1. The predicted molar refractivity (Wildman–Crippen MR) is 106 cm³/mol. The number of allylic oxidation sites excluding steroid dienone is 2. The molecular formula is C21H39NO5. The number of quaternary nitrogens is 1. The van der Waals surface area contributed by atoms with Crippen LogP contribution in [-0.4, -0.2) is 70.8 Å². The number of aliphatic carboxylic acids is 1. The van der Waals surface area contributed by atoms with Crippen molar-refractivity contribution in [1.29, 1.82) is 0 Å². The van der Waals surface area contributed by atoms with Gasteiger partial charge in [0.1, 0.15) is 31.8 Å². The van der Waals surface area contributed by atoms with Crippen molar-refractivity contribution >= 4 is 5.97 Å². The van der Waals surface area contributed by atoms with E-state index in [2.05, 4.69) is 13.2 Å². The molecular weight excluding hydrogens is 346 g/mol. The molecule has 0 spiro atoms. The van der Waals surface area contributed by atoms with Crippen molar-refractivity contribution in [3.05, 3.63) is 25.3 Å². The van der Waals surface area contributed by atoms with Gasteiger partial charge in [0.2, 0.25) is 0 Å². The second kappa shape index (κ2) is 15.8. The summed E-state index contributed by atoms with van der Waals surface area (Å²) < 4.78 is 0.190. The van der Waals surface area contributed by atoms with E-state index in [1.165, 1.54) is 0 Å². The molecule has 0 aliphatic heterocycles. The molecule has 0 rings (SSSR count).